The molecule has 0 aliphatic carbocycles. The molecule has 0 aromatic heterocycles. The van der Waals surface area contributed by atoms with Gasteiger partial charge >= 0.3 is 0 Å². The van der Waals surface area contributed by atoms with Crippen molar-refractivity contribution in [2.75, 3.05) is 11.4 Å². The Kier molecular flexibility index (Phi) is 4.64. The summed E-state index contributed by atoms with van der Waals surface area (Å²) in [6.45, 7) is 6.65. The largest absolute Gasteiger partial charge is 0.361 e. The van der Waals surface area contributed by atoms with Crippen LogP contribution in [0, 0.1) is 18.6 Å². The van der Waals surface area contributed by atoms with Crippen LogP contribution in [0.3, 0.4) is 0 Å². The zero-order valence-corrected chi connectivity index (χ0v) is 16.6. The minimum absolute atomic E-state index is 0.0314. The molecule has 2 heterocycles. The van der Waals surface area contributed by atoms with Gasteiger partial charge in [0.15, 0.2) is 0 Å². The van der Waals surface area contributed by atoms with Gasteiger partial charge in [0, 0.05) is 23.3 Å². The Labute approximate surface area is 165 Å². The normalized spacial score (nSPS) is 23.6. The van der Waals surface area contributed by atoms with E-state index in [1.165, 1.54) is 12.1 Å². The SMILES string of the molecule is Cc1ccc(C(=O)N2CCC[C@H]3[C@@H]2CC(C)(C)N3c2cccc(F)c2)cc1F. The number of carbonyl (C=O) groups is 1. The summed E-state index contributed by atoms with van der Waals surface area (Å²) < 4.78 is 27.9. The molecule has 5 heteroatoms. The highest BCUT2D eigenvalue weighted by Gasteiger charge is 2.50. The molecule has 2 aromatic rings. The number of hydrogen-bond acceptors (Lipinski definition) is 2. The summed E-state index contributed by atoms with van der Waals surface area (Å²) in [6, 6.07) is 11.5. The molecule has 0 radical (unpaired) electrons. The van der Waals surface area contributed by atoms with Gasteiger partial charge in [-0.3, -0.25) is 4.79 Å². The molecule has 148 valence electrons. The average molecular weight is 384 g/mol. The fourth-order valence-corrected chi connectivity index (χ4v) is 4.95. The minimum Gasteiger partial charge on any atom is -0.361 e. The quantitative estimate of drug-likeness (QED) is 0.733. The van der Waals surface area contributed by atoms with E-state index in [9.17, 15) is 13.6 Å². The van der Waals surface area contributed by atoms with E-state index in [-0.39, 0.29) is 35.2 Å². The van der Waals surface area contributed by atoms with E-state index in [4.69, 9.17) is 0 Å². The molecule has 0 bridgehead atoms. The van der Waals surface area contributed by atoms with Gasteiger partial charge < -0.3 is 9.80 Å². The molecule has 2 aromatic carbocycles. The van der Waals surface area contributed by atoms with Crippen LogP contribution in [-0.2, 0) is 0 Å². The molecular weight excluding hydrogens is 358 g/mol. The van der Waals surface area contributed by atoms with Crippen molar-refractivity contribution in [3.63, 3.8) is 0 Å². The third kappa shape index (κ3) is 3.17. The standard InChI is InChI=1S/C23H26F2N2O/c1-15-9-10-16(12-19(15)25)22(28)26-11-5-8-20-21(26)14-23(2,3)27(20)18-7-4-6-17(24)13-18/h4,6-7,9-10,12-13,20-21H,5,8,11,14H2,1-3H3/t20-,21-/m0/s1. The van der Waals surface area contributed by atoms with E-state index >= 15 is 0 Å². The van der Waals surface area contributed by atoms with Gasteiger partial charge in [-0.05, 0) is 75.9 Å². The van der Waals surface area contributed by atoms with Crippen LogP contribution in [0.2, 0.25) is 0 Å². The van der Waals surface area contributed by atoms with Gasteiger partial charge in [0.25, 0.3) is 5.91 Å². The van der Waals surface area contributed by atoms with Crippen molar-refractivity contribution in [3.8, 4) is 0 Å². The second-order valence-electron chi connectivity index (χ2n) is 8.61. The maximum Gasteiger partial charge on any atom is 0.254 e. The van der Waals surface area contributed by atoms with Crippen molar-refractivity contribution in [1.29, 1.82) is 0 Å². The second kappa shape index (κ2) is 6.87. The highest BCUT2D eigenvalue weighted by molar-refractivity contribution is 5.94. The maximum atomic E-state index is 14.0. The molecule has 2 atom stereocenters. The molecule has 2 saturated heterocycles. The van der Waals surface area contributed by atoms with Crippen molar-refractivity contribution in [2.45, 2.75) is 57.7 Å². The second-order valence-corrected chi connectivity index (χ2v) is 8.61. The molecule has 28 heavy (non-hydrogen) atoms. The van der Waals surface area contributed by atoms with E-state index in [0.29, 0.717) is 17.7 Å². The van der Waals surface area contributed by atoms with Gasteiger partial charge in [-0.2, -0.15) is 0 Å². The Bertz CT molecular complexity index is 911. The number of nitrogens with zero attached hydrogens (tertiary/aromatic N) is 2. The zero-order chi connectivity index (χ0) is 20.1. The van der Waals surface area contributed by atoms with Gasteiger partial charge in [-0.15, -0.1) is 0 Å². The van der Waals surface area contributed by atoms with Crippen LogP contribution in [-0.4, -0.2) is 35.0 Å². The molecule has 0 N–H and O–H groups in total. The number of carbonyl (C=O) groups excluding carboxylic acids is 1. The first-order valence-corrected chi connectivity index (χ1v) is 9.90. The summed E-state index contributed by atoms with van der Waals surface area (Å²) in [7, 11) is 0. The van der Waals surface area contributed by atoms with Crippen LogP contribution in [0.15, 0.2) is 42.5 Å². The number of anilines is 1. The topological polar surface area (TPSA) is 23.6 Å². The third-order valence-corrected chi connectivity index (χ3v) is 6.20. The lowest BCUT2D eigenvalue weighted by Gasteiger charge is -2.42. The van der Waals surface area contributed by atoms with Gasteiger partial charge in [0.1, 0.15) is 11.6 Å². The number of halogens is 2. The van der Waals surface area contributed by atoms with Gasteiger partial charge in [0.2, 0.25) is 0 Å². The van der Waals surface area contributed by atoms with E-state index in [0.717, 1.165) is 24.9 Å². The molecule has 3 nitrogen and oxygen atoms in total. The van der Waals surface area contributed by atoms with Crippen molar-refractivity contribution >= 4 is 11.6 Å². The Hall–Kier alpha value is -2.43. The lowest BCUT2D eigenvalue weighted by atomic mass is 9.93. The van der Waals surface area contributed by atoms with Crippen LogP contribution in [0.5, 0.6) is 0 Å². The lowest BCUT2D eigenvalue weighted by Crippen LogP contribution is -2.52. The molecule has 0 unspecified atom stereocenters. The lowest BCUT2D eigenvalue weighted by molar-refractivity contribution is 0.0604. The van der Waals surface area contributed by atoms with E-state index in [2.05, 4.69) is 18.7 Å². The van der Waals surface area contributed by atoms with Gasteiger partial charge in [0.05, 0.1) is 12.1 Å². The number of hydrogen-bond donors (Lipinski definition) is 0. The zero-order valence-electron chi connectivity index (χ0n) is 16.6. The van der Waals surface area contributed by atoms with Gasteiger partial charge in [-0.25, -0.2) is 8.78 Å². The summed E-state index contributed by atoms with van der Waals surface area (Å²) in [5.41, 5.74) is 1.58. The summed E-state index contributed by atoms with van der Waals surface area (Å²) in [5, 5.41) is 0. The highest BCUT2D eigenvalue weighted by Crippen LogP contribution is 2.44. The number of amides is 1. The van der Waals surface area contributed by atoms with Crippen molar-refractivity contribution in [2.24, 2.45) is 0 Å². The Balaban J connectivity index is 1.66. The predicted octanol–water partition coefficient (Wildman–Crippen LogP) is 4.94. The summed E-state index contributed by atoms with van der Waals surface area (Å²) in [6.07, 6.45) is 2.63. The first kappa shape index (κ1) is 18.9. The third-order valence-electron chi connectivity index (χ3n) is 6.20. The van der Waals surface area contributed by atoms with Crippen LogP contribution in [0.4, 0.5) is 14.5 Å². The van der Waals surface area contributed by atoms with Gasteiger partial charge in [-0.1, -0.05) is 12.1 Å². The molecule has 0 saturated carbocycles. The Morgan fingerprint density at radius 1 is 1.11 bits per heavy atom. The van der Waals surface area contributed by atoms with Crippen molar-refractivity contribution < 1.29 is 13.6 Å². The van der Waals surface area contributed by atoms with Crippen LogP contribution < -0.4 is 4.90 Å². The highest BCUT2D eigenvalue weighted by atomic mass is 19.1. The average Bonchev–Trinajstić information content (AvgIpc) is 2.93. The molecule has 1 amide bonds. The number of fused-ring (bicyclic) bond motifs is 1. The smallest absolute Gasteiger partial charge is 0.254 e. The Morgan fingerprint density at radius 2 is 1.89 bits per heavy atom. The maximum absolute atomic E-state index is 14.0. The number of rotatable bonds is 2. The first-order valence-electron chi connectivity index (χ1n) is 9.90. The van der Waals surface area contributed by atoms with Crippen LogP contribution in [0.1, 0.15) is 49.0 Å². The van der Waals surface area contributed by atoms with Crippen LogP contribution >= 0.6 is 0 Å². The number of piperidine rings is 1. The van der Waals surface area contributed by atoms with E-state index in [1.807, 2.05) is 11.0 Å². The molecular formula is C23H26F2N2O. The van der Waals surface area contributed by atoms with E-state index in [1.54, 1.807) is 31.2 Å². The van der Waals surface area contributed by atoms with E-state index < -0.39 is 0 Å². The van der Waals surface area contributed by atoms with Crippen molar-refractivity contribution in [1.82, 2.24) is 4.90 Å². The number of likely N-dealkylation sites (tertiary alicyclic amines) is 1. The van der Waals surface area contributed by atoms with Crippen LogP contribution in [0.25, 0.3) is 0 Å². The number of aryl methyl sites for hydroxylation is 1. The fourth-order valence-electron chi connectivity index (χ4n) is 4.95. The summed E-state index contributed by atoms with van der Waals surface area (Å²) in [5.74, 6) is -0.728. The molecule has 2 aliphatic rings. The summed E-state index contributed by atoms with van der Waals surface area (Å²) >= 11 is 0. The van der Waals surface area contributed by atoms with Crippen molar-refractivity contribution in [3.05, 3.63) is 65.2 Å². The molecule has 0 spiro atoms. The fraction of sp³-hybridized carbons (Fsp3) is 0.435. The minimum atomic E-state index is -0.354. The predicted molar refractivity (Wildman–Crippen MR) is 107 cm³/mol. The Morgan fingerprint density at radius 3 is 2.61 bits per heavy atom. The molecule has 2 aliphatic heterocycles. The summed E-state index contributed by atoms with van der Waals surface area (Å²) in [4.78, 5) is 17.4. The molecule has 2 fully saturated rings. The monoisotopic (exact) mass is 384 g/mol. The number of benzene rings is 2. The first-order chi connectivity index (χ1) is 13.3. The molecule has 4 rings (SSSR count).